The van der Waals surface area contributed by atoms with Crippen molar-refractivity contribution < 1.29 is 9.90 Å². The predicted octanol–water partition coefficient (Wildman–Crippen LogP) is 0.546. The van der Waals surface area contributed by atoms with Crippen LogP contribution in [0.2, 0.25) is 0 Å². The average Bonchev–Trinajstić information content (AvgIpc) is 2.55. The lowest BCUT2D eigenvalue weighted by atomic mass is 10.1. The van der Waals surface area contributed by atoms with Gasteiger partial charge in [-0.25, -0.2) is 0 Å². The highest BCUT2D eigenvalue weighted by Gasteiger charge is 2.17. The van der Waals surface area contributed by atoms with Crippen LogP contribution in [0.4, 0.5) is 0 Å². The monoisotopic (exact) mass is 291 g/mol. The Morgan fingerprint density at radius 3 is 2.52 bits per heavy atom. The molecule has 0 aromatic heterocycles. The number of aliphatic hydroxyl groups is 1. The third-order valence-electron chi connectivity index (χ3n) is 3.87. The van der Waals surface area contributed by atoms with Crippen LogP contribution in [0.5, 0.6) is 0 Å². The summed E-state index contributed by atoms with van der Waals surface area (Å²) in [6, 6.07) is 7.84. The standard InChI is InChI=1S/C16H25N3O2/c1-2-18(11-12-20)13-14-3-5-15(6-4-14)16(21)19-9-7-17-8-10-19/h3-6,17,20H,2,7-13H2,1H3. The zero-order valence-electron chi connectivity index (χ0n) is 12.7. The molecule has 1 aliphatic heterocycles. The molecule has 2 N–H and O–H groups in total. The van der Waals surface area contributed by atoms with Crippen LogP contribution in [-0.4, -0.2) is 66.7 Å². The number of hydrogen-bond donors (Lipinski definition) is 2. The number of rotatable bonds is 6. The minimum Gasteiger partial charge on any atom is -0.395 e. The largest absolute Gasteiger partial charge is 0.395 e. The van der Waals surface area contributed by atoms with E-state index in [0.717, 1.165) is 44.8 Å². The van der Waals surface area contributed by atoms with Crippen molar-refractivity contribution in [3.05, 3.63) is 35.4 Å². The van der Waals surface area contributed by atoms with Crippen molar-refractivity contribution in [2.75, 3.05) is 45.9 Å². The van der Waals surface area contributed by atoms with E-state index in [1.165, 1.54) is 5.56 Å². The van der Waals surface area contributed by atoms with Gasteiger partial charge in [0.2, 0.25) is 0 Å². The molecule has 5 nitrogen and oxygen atoms in total. The fraction of sp³-hybridized carbons (Fsp3) is 0.562. The molecular formula is C16H25N3O2. The maximum absolute atomic E-state index is 12.3. The van der Waals surface area contributed by atoms with Crippen LogP contribution in [-0.2, 0) is 6.54 Å². The first-order valence-corrected chi connectivity index (χ1v) is 7.66. The third kappa shape index (κ3) is 4.52. The summed E-state index contributed by atoms with van der Waals surface area (Å²) in [4.78, 5) is 16.4. The van der Waals surface area contributed by atoms with Gasteiger partial charge >= 0.3 is 0 Å². The van der Waals surface area contributed by atoms with Crippen molar-refractivity contribution in [1.29, 1.82) is 0 Å². The number of nitrogens with zero attached hydrogens (tertiary/aromatic N) is 2. The van der Waals surface area contributed by atoms with Gasteiger partial charge in [0.05, 0.1) is 6.61 Å². The number of carbonyl (C=O) groups is 1. The van der Waals surface area contributed by atoms with E-state index < -0.39 is 0 Å². The molecule has 1 aromatic rings. The van der Waals surface area contributed by atoms with Crippen LogP contribution in [0.15, 0.2) is 24.3 Å². The zero-order valence-corrected chi connectivity index (χ0v) is 12.7. The molecule has 1 heterocycles. The van der Waals surface area contributed by atoms with Crippen molar-refractivity contribution in [3.8, 4) is 0 Å². The Bertz CT molecular complexity index is 441. The molecule has 0 radical (unpaired) electrons. The summed E-state index contributed by atoms with van der Waals surface area (Å²) in [5.41, 5.74) is 1.92. The number of nitrogens with one attached hydrogen (secondary N) is 1. The predicted molar refractivity (Wildman–Crippen MR) is 83.3 cm³/mol. The van der Waals surface area contributed by atoms with E-state index in [2.05, 4.69) is 17.1 Å². The highest BCUT2D eigenvalue weighted by molar-refractivity contribution is 5.94. The number of hydrogen-bond acceptors (Lipinski definition) is 4. The van der Waals surface area contributed by atoms with Crippen LogP contribution in [0.1, 0.15) is 22.8 Å². The van der Waals surface area contributed by atoms with Gasteiger partial charge in [0.1, 0.15) is 0 Å². The van der Waals surface area contributed by atoms with Gasteiger partial charge in [-0.3, -0.25) is 9.69 Å². The normalized spacial score (nSPS) is 15.5. The van der Waals surface area contributed by atoms with Gasteiger partial charge in [0, 0.05) is 44.8 Å². The molecule has 1 fully saturated rings. The van der Waals surface area contributed by atoms with Gasteiger partial charge < -0.3 is 15.3 Å². The average molecular weight is 291 g/mol. The van der Waals surface area contributed by atoms with Crippen molar-refractivity contribution in [3.63, 3.8) is 0 Å². The van der Waals surface area contributed by atoms with Gasteiger partial charge in [-0.1, -0.05) is 19.1 Å². The van der Waals surface area contributed by atoms with Crippen LogP contribution in [0, 0.1) is 0 Å². The van der Waals surface area contributed by atoms with Crippen molar-refractivity contribution in [1.82, 2.24) is 15.1 Å². The first-order valence-electron chi connectivity index (χ1n) is 7.66. The Morgan fingerprint density at radius 2 is 1.95 bits per heavy atom. The molecule has 0 bridgehead atoms. The highest BCUT2D eigenvalue weighted by atomic mass is 16.3. The molecule has 0 unspecified atom stereocenters. The molecule has 21 heavy (non-hydrogen) atoms. The molecule has 0 spiro atoms. The number of amides is 1. The van der Waals surface area contributed by atoms with E-state index in [1.807, 2.05) is 29.2 Å². The number of benzene rings is 1. The van der Waals surface area contributed by atoms with E-state index >= 15 is 0 Å². The van der Waals surface area contributed by atoms with E-state index in [0.29, 0.717) is 6.54 Å². The smallest absolute Gasteiger partial charge is 0.253 e. The number of aliphatic hydroxyl groups excluding tert-OH is 1. The third-order valence-corrected chi connectivity index (χ3v) is 3.87. The molecule has 1 aliphatic rings. The van der Waals surface area contributed by atoms with E-state index in [1.54, 1.807) is 0 Å². The lowest BCUT2D eigenvalue weighted by Crippen LogP contribution is -2.46. The quantitative estimate of drug-likeness (QED) is 0.803. The molecule has 0 atom stereocenters. The van der Waals surface area contributed by atoms with Gasteiger partial charge in [-0.15, -0.1) is 0 Å². The molecule has 5 heteroatoms. The Balaban J connectivity index is 1.96. The van der Waals surface area contributed by atoms with Crippen LogP contribution in [0.25, 0.3) is 0 Å². The van der Waals surface area contributed by atoms with Crippen LogP contribution >= 0.6 is 0 Å². The molecule has 1 aromatic carbocycles. The SMILES string of the molecule is CCN(CCO)Cc1ccc(C(=O)N2CCNCC2)cc1. The molecule has 1 amide bonds. The van der Waals surface area contributed by atoms with E-state index in [-0.39, 0.29) is 12.5 Å². The fourth-order valence-corrected chi connectivity index (χ4v) is 2.55. The summed E-state index contributed by atoms with van der Waals surface area (Å²) in [5.74, 6) is 0.116. The molecule has 116 valence electrons. The van der Waals surface area contributed by atoms with E-state index in [9.17, 15) is 4.79 Å². The number of likely N-dealkylation sites (N-methyl/N-ethyl adjacent to an activating group) is 1. The lowest BCUT2D eigenvalue weighted by molar-refractivity contribution is 0.0736. The molecule has 0 saturated carbocycles. The summed E-state index contributed by atoms with van der Waals surface area (Å²) in [6.45, 7) is 7.94. The summed E-state index contributed by atoms with van der Waals surface area (Å²) >= 11 is 0. The molecule has 1 saturated heterocycles. The second-order valence-electron chi connectivity index (χ2n) is 5.33. The van der Waals surface area contributed by atoms with Crippen molar-refractivity contribution >= 4 is 5.91 Å². The Labute approximate surface area is 126 Å². The number of piperazine rings is 1. The summed E-state index contributed by atoms with van der Waals surface area (Å²) < 4.78 is 0. The summed E-state index contributed by atoms with van der Waals surface area (Å²) in [7, 11) is 0. The topological polar surface area (TPSA) is 55.8 Å². The van der Waals surface area contributed by atoms with Crippen LogP contribution in [0.3, 0.4) is 0 Å². The van der Waals surface area contributed by atoms with Crippen LogP contribution < -0.4 is 5.32 Å². The summed E-state index contributed by atoms with van der Waals surface area (Å²) in [5, 5.41) is 12.3. The number of carbonyl (C=O) groups excluding carboxylic acids is 1. The molecular weight excluding hydrogens is 266 g/mol. The van der Waals surface area contributed by atoms with Gasteiger partial charge in [0.15, 0.2) is 0 Å². The maximum Gasteiger partial charge on any atom is 0.253 e. The lowest BCUT2D eigenvalue weighted by Gasteiger charge is -2.27. The Morgan fingerprint density at radius 1 is 1.29 bits per heavy atom. The minimum atomic E-state index is 0.116. The highest BCUT2D eigenvalue weighted by Crippen LogP contribution is 2.10. The summed E-state index contributed by atoms with van der Waals surface area (Å²) in [6.07, 6.45) is 0. The Kier molecular flexibility index (Phi) is 6.17. The van der Waals surface area contributed by atoms with E-state index in [4.69, 9.17) is 5.11 Å². The van der Waals surface area contributed by atoms with Gasteiger partial charge in [-0.05, 0) is 24.2 Å². The zero-order chi connectivity index (χ0) is 15.1. The van der Waals surface area contributed by atoms with Crippen molar-refractivity contribution in [2.45, 2.75) is 13.5 Å². The van der Waals surface area contributed by atoms with Crippen molar-refractivity contribution in [2.24, 2.45) is 0 Å². The minimum absolute atomic E-state index is 0.116. The second kappa shape index (κ2) is 8.12. The molecule has 2 rings (SSSR count). The maximum atomic E-state index is 12.3. The van der Waals surface area contributed by atoms with Gasteiger partial charge in [0.25, 0.3) is 5.91 Å². The Hall–Kier alpha value is -1.43. The fourth-order valence-electron chi connectivity index (χ4n) is 2.55. The second-order valence-corrected chi connectivity index (χ2v) is 5.33. The molecule has 0 aliphatic carbocycles. The first kappa shape index (κ1) is 15.9. The first-order chi connectivity index (χ1) is 10.2. The van der Waals surface area contributed by atoms with Gasteiger partial charge in [-0.2, -0.15) is 0 Å².